The third-order valence-electron chi connectivity index (χ3n) is 5.45. The summed E-state index contributed by atoms with van der Waals surface area (Å²) in [6, 6.07) is 16.8. The lowest BCUT2D eigenvalue weighted by molar-refractivity contribution is 0.0697. The quantitative estimate of drug-likeness (QED) is 0.921. The summed E-state index contributed by atoms with van der Waals surface area (Å²) in [4.78, 5) is 28.2. The van der Waals surface area contributed by atoms with Gasteiger partial charge in [0.1, 0.15) is 0 Å². The molecule has 26 heavy (non-hydrogen) atoms. The molecule has 2 aromatic carbocycles. The first-order valence-electron chi connectivity index (χ1n) is 8.99. The Bertz CT molecular complexity index is 807. The molecule has 2 aliphatic rings. The first-order chi connectivity index (χ1) is 12.6. The molecular formula is C21H22N2O3. The zero-order chi connectivity index (χ0) is 18.1. The summed E-state index contributed by atoms with van der Waals surface area (Å²) in [5, 5.41) is 9.11. The van der Waals surface area contributed by atoms with Crippen LogP contribution < -0.4 is 0 Å². The summed E-state index contributed by atoms with van der Waals surface area (Å²) in [5.74, 6) is -0.0535. The summed E-state index contributed by atoms with van der Waals surface area (Å²) in [5.41, 5.74) is 1.95. The Morgan fingerprint density at radius 1 is 0.885 bits per heavy atom. The van der Waals surface area contributed by atoms with Gasteiger partial charge in [-0.05, 0) is 35.6 Å². The number of carbonyl (C=O) groups excluding carboxylic acids is 1. The van der Waals surface area contributed by atoms with Crippen molar-refractivity contribution in [2.45, 2.75) is 6.54 Å². The molecule has 4 rings (SSSR count). The SMILES string of the molecule is O=C(O)c1cccc(C(=O)N2C[C@H]3CN(Cc4ccccc4)C[C@H]3C2)c1. The van der Waals surface area contributed by atoms with Crippen LogP contribution in [-0.4, -0.2) is 53.0 Å². The lowest BCUT2D eigenvalue weighted by Gasteiger charge is -2.22. The van der Waals surface area contributed by atoms with E-state index in [9.17, 15) is 9.59 Å². The summed E-state index contributed by atoms with van der Waals surface area (Å²) in [7, 11) is 0. The molecule has 2 atom stereocenters. The lowest BCUT2D eigenvalue weighted by atomic mass is 10.0. The van der Waals surface area contributed by atoms with Gasteiger partial charge in [-0.3, -0.25) is 9.69 Å². The van der Waals surface area contributed by atoms with Gasteiger partial charge >= 0.3 is 5.97 Å². The third-order valence-corrected chi connectivity index (χ3v) is 5.45. The van der Waals surface area contributed by atoms with Crippen molar-refractivity contribution in [3.8, 4) is 0 Å². The van der Waals surface area contributed by atoms with E-state index in [0.29, 0.717) is 17.4 Å². The minimum atomic E-state index is -1.01. The summed E-state index contributed by atoms with van der Waals surface area (Å²) >= 11 is 0. The molecule has 0 unspecified atom stereocenters. The summed E-state index contributed by atoms with van der Waals surface area (Å²) in [6.07, 6.45) is 0. The zero-order valence-electron chi connectivity index (χ0n) is 14.5. The third kappa shape index (κ3) is 3.35. The molecule has 0 bridgehead atoms. The van der Waals surface area contributed by atoms with E-state index in [-0.39, 0.29) is 11.5 Å². The number of fused-ring (bicyclic) bond motifs is 1. The van der Waals surface area contributed by atoms with E-state index in [1.807, 2.05) is 11.0 Å². The summed E-state index contributed by atoms with van der Waals surface area (Å²) in [6.45, 7) is 4.50. The van der Waals surface area contributed by atoms with Crippen LogP contribution in [0, 0.1) is 11.8 Å². The Balaban J connectivity index is 1.38. The highest BCUT2D eigenvalue weighted by Crippen LogP contribution is 2.32. The van der Waals surface area contributed by atoms with Gasteiger partial charge in [0.25, 0.3) is 5.91 Å². The van der Waals surface area contributed by atoms with Crippen LogP contribution in [0.2, 0.25) is 0 Å². The Kier molecular flexibility index (Phi) is 4.47. The number of aromatic carboxylic acids is 1. The second-order valence-corrected chi connectivity index (χ2v) is 7.30. The first-order valence-corrected chi connectivity index (χ1v) is 8.99. The number of carboxylic acid groups (broad SMARTS) is 1. The van der Waals surface area contributed by atoms with Crippen LogP contribution in [0.4, 0.5) is 0 Å². The number of nitrogens with zero attached hydrogens (tertiary/aromatic N) is 2. The van der Waals surface area contributed by atoms with Gasteiger partial charge < -0.3 is 10.0 Å². The van der Waals surface area contributed by atoms with Gasteiger partial charge in [0.15, 0.2) is 0 Å². The molecule has 0 aliphatic carbocycles. The molecule has 0 aromatic heterocycles. The average Bonchev–Trinajstić information content (AvgIpc) is 3.20. The normalized spacial score (nSPS) is 22.4. The van der Waals surface area contributed by atoms with Gasteiger partial charge in [0, 0.05) is 38.3 Å². The van der Waals surface area contributed by atoms with Crippen LogP contribution in [0.1, 0.15) is 26.3 Å². The molecule has 5 heteroatoms. The first kappa shape index (κ1) is 16.8. The van der Waals surface area contributed by atoms with Crippen molar-refractivity contribution < 1.29 is 14.7 Å². The van der Waals surface area contributed by atoms with Gasteiger partial charge in [-0.15, -0.1) is 0 Å². The van der Waals surface area contributed by atoms with Crippen molar-refractivity contribution in [3.05, 3.63) is 71.3 Å². The predicted molar refractivity (Wildman–Crippen MR) is 98.0 cm³/mol. The molecule has 1 N–H and O–H groups in total. The van der Waals surface area contributed by atoms with Crippen LogP contribution in [0.25, 0.3) is 0 Å². The Labute approximate surface area is 152 Å². The molecule has 134 valence electrons. The molecular weight excluding hydrogens is 328 g/mol. The monoisotopic (exact) mass is 350 g/mol. The fourth-order valence-corrected chi connectivity index (χ4v) is 4.19. The van der Waals surface area contributed by atoms with Crippen LogP contribution in [-0.2, 0) is 6.54 Å². The number of hydrogen-bond donors (Lipinski definition) is 1. The molecule has 2 saturated heterocycles. The smallest absolute Gasteiger partial charge is 0.335 e. The van der Waals surface area contributed by atoms with Crippen molar-refractivity contribution in [2.75, 3.05) is 26.2 Å². The molecule has 1 amide bonds. The van der Waals surface area contributed by atoms with Gasteiger partial charge in [0.2, 0.25) is 0 Å². The second-order valence-electron chi connectivity index (χ2n) is 7.30. The average molecular weight is 350 g/mol. The highest BCUT2D eigenvalue weighted by Gasteiger charge is 2.41. The van der Waals surface area contributed by atoms with E-state index < -0.39 is 5.97 Å². The minimum Gasteiger partial charge on any atom is -0.478 e. The molecule has 2 fully saturated rings. The molecule has 2 aromatic rings. The Hall–Kier alpha value is -2.66. The number of carboxylic acids is 1. The highest BCUT2D eigenvalue weighted by atomic mass is 16.4. The van der Waals surface area contributed by atoms with Gasteiger partial charge in [-0.25, -0.2) is 4.79 Å². The Morgan fingerprint density at radius 2 is 1.54 bits per heavy atom. The van der Waals surface area contributed by atoms with Crippen LogP contribution in [0.15, 0.2) is 54.6 Å². The van der Waals surface area contributed by atoms with Crippen LogP contribution in [0.5, 0.6) is 0 Å². The molecule has 0 spiro atoms. The predicted octanol–water partition coefficient (Wildman–Crippen LogP) is 2.59. The van der Waals surface area contributed by atoms with Crippen molar-refractivity contribution >= 4 is 11.9 Å². The Morgan fingerprint density at radius 3 is 2.19 bits per heavy atom. The van der Waals surface area contributed by atoms with E-state index >= 15 is 0 Å². The van der Waals surface area contributed by atoms with E-state index in [0.717, 1.165) is 32.7 Å². The number of amides is 1. The maximum absolute atomic E-state index is 12.7. The van der Waals surface area contributed by atoms with Crippen molar-refractivity contribution in [2.24, 2.45) is 11.8 Å². The second kappa shape index (κ2) is 6.92. The maximum Gasteiger partial charge on any atom is 0.335 e. The largest absolute Gasteiger partial charge is 0.478 e. The number of likely N-dealkylation sites (tertiary alicyclic amines) is 2. The number of rotatable bonds is 4. The summed E-state index contributed by atoms with van der Waals surface area (Å²) < 4.78 is 0. The van der Waals surface area contributed by atoms with Crippen LogP contribution >= 0.6 is 0 Å². The van der Waals surface area contributed by atoms with Gasteiger partial charge in [0.05, 0.1) is 5.56 Å². The highest BCUT2D eigenvalue weighted by molar-refractivity contribution is 5.97. The fraction of sp³-hybridized carbons (Fsp3) is 0.333. The number of benzene rings is 2. The standard InChI is InChI=1S/C21H22N2O3/c24-20(16-7-4-8-17(9-16)21(25)26)23-13-18-11-22(12-19(18)14-23)10-15-5-2-1-3-6-15/h1-9,18-19H,10-14H2,(H,25,26)/t18-,19+. The molecule has 0 saturated carbocycles. The van der Waals surface area contributed by atoms with Crippen molar-refractivity contribution in [1.29, 1.82) is 0 Å². The van der Waals surface area contributed by atoms with Crippen LogP contribution in [0.3, 0.4) is 0 Å². The van der Waals surface area contributed by atoms with Crippen molar-refractivity contribution in [3.63, 3.8) is 0 Å². The van der Waals surface area contributed by atoms with E-state index in [1.54, 1.807) is 12.1 Å². The topological polar surface area (TPSA) is 60.9 Å². The molecule has 5 nitrogen and oxygen atoms in total. The zero-order valence-corrected chi connectivity index (χ0v) is 14.5. The van der Waals surface area contributed by atoms with Gasteiger partial charge in [-0.2, -0.15) is 0 Å². The maximum atomic E-state index is 12.7. The number of hydrogen-bond acceptors (Lipinski definition) is 3. The van der Waals surface area contributed by atoms with E-state index in [4.69, 9.17) is 5.11 Å². The molecule has 0 radical (unpaired) electrons. The minimum absolute atomic E-state index is 0.0582. The van der Waals surface area contributed by atoms with Gasteiger partial charge in [-0.1, -0.05) is 36.4 Å². The van der Waals surface area contributed by atoms with E-state index in [2.05, 4.69) is 29.2 Å². The van der Waals surface area contributed by atoms with E-state index in [1.165, 1.54) is 17.7 Å². The number of carbonyl (C=O) groups is 2. The fourth-order valence-electron chi connectivity index (χ4n) is 4.19. The van der Waals surface area contributed by atoms with Crippen molar-refractivity contribution in [1.82, 2.24) is 9.80 Å². The lowest BCUT2D eigenvalue weighted by Crippen LogP contribution is -2.33. The molecule has 2 heterocycles. The molecule has 2 aliphatic heterocycles.